The van der Waals surface area contributed by atoms with Crippen LogP contribution >= 0.6 is 7.82 Å². The number of phosphoric ester groups is 1. The lowest BCUT2D eigenvalue weighted by atomic mass is 10.0. The minimum absolute atomic E-state index is 0.145. The Hall–Kier alpha value is -1.81. The van der Waals surface area contributed by atoms with Gasteiger partial charge in [0.2, 0.25) is 0 Å². The molecule has 0 amide bonds. The van der Waals surface area contributed by atoms with Crippen molar-refractivity contribution >= 4 is 7.82 Å². The Morgan fingerprint density at radius 1 is 1.05 bits per heavy atom. The van der Waals surface area contributed by atoms with Gasteiger partial charge in [-0.15, -0.1) is 0 Å². The Morgan fingerprint density at radius 3 is 2.32 bits per heavy atom. The van der Waals surface area contributed by atoms with Gasteiger partial charge in [-0.3, -0.25) is 9.42 Å². The number of hydrogen-bond acceptors (Lipinski definition) is 4. The van der Waals surface area contributed by atoms with E-state index in [1.54, 1.807) is 36.4 Å². The fourth-order valence-corrected chi connectivity index (χ4v) is 2.07. The molecule has 0 bridgehead atoms. The maximum absolute atomic E-state index is 11.5. The van der Waals surface area contributed by atoms with E-state index < -0.39 is 7.82 Å². The summed E-state index contributed by atoms with van der Waals surface area (Å²) in [6, 6.07) is 13.2. The van der Waals surface area contributed by atoms with E-state index in [1.165, 1.54) is 12.1 Å². The standard InChI is InChI=1S/C13H13O5P/c1-17-19(15,16)18-13-5-3-2-4-12(13)10-6-8-11(14)9-7-10/h2-9,14H,1H3,(H,15,16). The number of benzene rings is 2. The molecule has 0 aliphatic rings. The first-order valence-corrected chi connectivity index (χ1v) is 6.98. The van der Waals surface area contributed by atoms with Crippen molar-refractivity contribution in [3.63, 3.8) is 0 Å². The number of para-hydroxylation sites is 1. The molecule has 0 saturated heterocycles. The predicted molar refractivity (Wildman–Crippen MR) is 71.0 cm³/mol. The van der Waals surface area contributed by atoms with Crippen LogP contribution in [0.3, 0.4) is 0 Å². The second-order valence-electron chi connectivity index (χ2n) is 3.79. The quantitative estimate of drug-likeness (QED) is 0.841. The third-order valence-corrected chi connectivity index (χ3v) is 3.40. The number of hydrogen-bond donors (Lipinski definition) is 2. The normalized spacial score (nSPS) is 13.8. The van der Waals surface area contributed by atoms with Crippen LogP contribution in [-0.4, -0.2) is 17.1 Å². The molecule has 1 atom stereocenters. The minimum atomic E-state index is -4.10. The summed E-state index contributed by atoms with van der Waals surface area (Å²) in [5.41, 5.74) is 1.39. The summed E-state index contributed by atoms with van der Waals surface area (Å²) in [5, 5.41) is 9.26. The lowest BCUT2D eigenvalue weighted by Crippen LogP contribution is -1.95. The van der Waals surface area contributed by atoms with Crippen LogP contribution in [0.25, 0.3) is 11.1 Å². The molecule has 0 saturated carbocycles. The van der Waals surface area contributed by atoms with Crippen LogP contribution in [0.4, 0.5) is 0 Å². The van der Waals surface area contributed by atoms with E-state index in [9.17, 15) is 14.6 Å². The first-order chi connectivity index (χ1) is 9.02. The van der Waals surface area contributed by atoms with Crippen LogP contribution in [0.5, 0.6) is 11.5 Å². The Kier molecular flexibility index (Phi) is 3.90. The summed E-state index contributed by atoms with van der Waals surface area (Å²) in [4.78, 5) is 9.36. The van der Waals surface area contributed by atoms with Crippen molar-refractivity contribution in [3.8, 4) is 22.6 Å². The smallest absolute Gasteiger partial charge is 0.508 e. The van der Waals surface area contributed by atoms with E-state index in [2.05, 4.69) is 4.52 Å². The molecular formula is C13H13O5P. The highest BCUT2D eigenvalue weighted by molar-refractivity contribution is 7.47. The van der Waals surface area contributed by atoms with Crippen LogP contribution in [-0.2, 0) is 9.09 Å². The molecule has 0 radical (unpaired) electrons. The van der Waals surface area contributed by atoms with E-state index in [4.69, 9.17) is 4.52 Å². The SMILES string of the molecule is COP(=O)(O)Oc1ccccc1-c1ccc(O)cc1. The first kappa shape index (κ1) is 13.6. The highest BCUT2D eigenvalue weighted by atomic mass is 31.2. The molecule has 0 fully saturated rings. The number of phenolic OH excluding ortho intramolecular Hbond substituents is 1. The molecule has 2 aromatic carbocycles. The molecule has 0 aromatic heterocycles. The fourth-order valence-electron chi connectivity index (χ4n) is 1.59. The largest absolute Gasteiger partial charge is 0.527 e. The third kappa shape index (κ3) is 3.35. The van der Waals surface area contributed by atoms with Crippen molar-refractivity contribution in [1.82, 2.24) is 0 Å². The average Bonchev–Trinajstić information content (AvgIpc) is 2.40. The Labute approximate surface area is 110 Å². The topological polar surface area (TPSA) is 76.0 Å². The summed E-state index contributed by atoms with van der Waals surface area (Å²) < 4.78 is 20.9. The zero-order chi connectivity index (χ0) is 13.9. The molecule has 0 aliphatic carbocycles. The Balaban J connectivity index is 2.41. The van der Waals surface area contributed by atoms with Gasteiger partial charge in [-0.25, -0.2) is 4.57 Å². The summed E-state index contributed by atoms with van der Waals surface area (Å²) in [6.45, 7) is 0. The van der Waals surface area contributed by atoms with Gasteiger partial charge in [0.1, 0.15) is 11.5 Å². The van der Waals surface area contributed by atoms with Crippen molar-refractivity contribution in [1.29, 1.82) is 0 Å². The molecule has 2 rings (SSSR count). The summed E-state index contributed by atoms with van der Waals surface area (Å²) >= 11 is 0. The van der Waals surface area contributed by atoms with Crippen molar-refractivity contribution in [3.05, 3.63) is 48.5 Å². The van der Waals surface area contributed by atoms with Gasteiger partial charge in [0, 0.05) is 12.7 Å². The second-order valence-corrected chi connectivity index (χ2v) is 5.27. The van der Waals surface area contributed by atoms with Gasteiger partial charge in [-0.2, -0.15) is 0 Å². The van der Waals surface area contributed by atoms with Crippen molar-refractivity contribution in [2.75, 3.05) is 7.11 Å². The van der Waals surface area contributed by atoms with Crippen molar-refractivity contribution in [2.24, 2.45) is 0 Å². The van der Waals surface area contributed by atoms with Gasteiger partial charge in [-0.05, 0) is 23.8 Å². The summed E-state index contributed by atoms with van der Waals surface area (Å²) in [6.07, 6.45) is 0. The number of aromatic hydroxyl groups is 1. The number of rotatable bonds is 4. The lowest BCUT2D eigenvalue weighted by Gasteiger charge is -2.14. The molecule has 0 heterocycles. The maximum Gasteiger partial charge on any atom is 0.527 e. The van der Waals surface area contributed by atoms with Crippen LogP contribution in [0.2, 0.25) is 0 Å². The molecule has 6 heteroatoms. The van der Waals surface area contributed by atoms with Crippen LogP contribution in [0.15, 0.2) is 48.5 Å². The second kappa shape index (κ2) is 5.45. The van der Waals surface area contributed by atoms with Gasteiger partial charge in [0.05, 0.1) is 0 Å². The molecular weight excluding hydrogens is 267 g/mol. The minimum Gasteiger partial charge on any atom is -0.508 e. The zero-order valence-corrected chi connectivity index (χ0v) is 11.1. The van der Waals surface area contributed by atoms with Crippen molar-refractivity contribution < 1.29 is 23.6 Å². The highest BCUT2D eigenvalue weighted by Crippen LogP contribution is 2.45. The molecule has 0 aliphatic heterocycles. The first-order valence-electron chi connectivity index (χ1n) is 5.48. The molecule has 2 aromatic rings. The number of phenols is 1. The lowest BCUT2D eigenvalue weighted by molar-refractivity contribution is 0.243. The van der Waals surface area contributed by atoms with E-state index in [0.29, 0.717) is 5.56 Å². The summed E-state index contributed by atoms with van der Waals surface area (Å²) in [7, 11) is -3.00. The van der Waals surface area contributed by atoms with E-state index >= 15 is 0 Å². The van der Waals surface area contributed by atoms with Gasteiger partial charge < -0.3 is 9.63 Å². The third-order valence-electron chi connectivity index (χ3n) is 2.51. The fraction of sp³-hybridized carbons (Fsp3) is 0.0769. The van der Waals surface area contributed by atoms with Crippen molar-refractivity contribution in [2.45, 2.75) is 0 Å². The molecule has 2 N–H and O–H groups in total. The number of phosphoric acid groups is 1. The molecule has 0 spiro atoms. The highest BCUT2D eigenvalue weighted by Gasteiger charge is 2.22. The maximum atomic E-state index is 11.5. The van der Waals surface area contributed by atoms with E-state index in [-0.39, 0.29) is 11.5 Å². The molecule has 1 unspecified atom stereocenters. The Bertz CT molecular complexity index is 609. The molecule has 100 valence electrons. The van der Waals surface area contributed by atoms with E-state index in [1.807, 2.05) is 0 Å². The monoisotopic (exact) mass is 280 g/mol. The summed E-state index contributed by atoms with van der Waals surface area (Å²) in [5.74, 6) is 0.382. The van der Waals surface area contributed by atoms with Crippen LogP contribution in [0, 0.1) is 0 Å². The zero-order valence-electron chi connectivity index (χ0n) is 10.2. The molecule has 5 nitrogen and oxygen atoms in total. The Morgan fingerprint density at radius 2 is 1.68 bits per heavy atom. The van der Waals surface area contributed by atoms with Gasteiger partial charge in [-0.1, -0.05) is 30.3 Å². The van der Waals surface area contributed by atoms with Gasteiger partial charge >= 0.3 is 7.82 Å². The average molecular weight is 280 g/mol. The van der Waals surface area contributed by atoms with Crippen LogP contribution in [0.1, 0.15) is 0 Å². The van der Waals surface area contributed by atoms with Crippen LogP contribution < -0.4 is 4.52 Å². The van der Waals surface area contributed by atoms with E-state index in [0.717, 1.165) is 12.7 Å². The predicted octanol–water partition coefficient (Wildman–Crippen LogP) is 3.18. The van der Waals surface area contributed by atoms with Gasteiger partial charge in [0.15, 0.2) is 0 Å². The van der Waals surface area contributed by atoms with Gasteiger partial charge in [0.25, 0.3) is 0 Å². The molecule has 19 heavy (non-hydrogen) atoms.